The first kappa shape index (κ1) is 24.4. The summed E-state index contributed by atoms with van der Waals surface area (Å²) in [5.74, 6) is -0.698. The molecule has 0 heterocycles. The normalized spacial score (nSPS) is 12.3. The van der Waals surface area contributed by atoms with Gasteiger partial charge in [0.1, 0.15) is 12.6 Å². The molecule has 2 aromatic carbocycles. The van der Waals surface area contributed by atoms with Crippen LogP contribution in [-0.4, -0.2) is 50.0 Å². The van der Waals surface area contributed by atoms with E-state index in [4.69, 9.17) is 0 Å². The van der Waals surface area contributed by atoms with Gasteiger partial charge in [0, 0.05) is 12.6 Å². The van der Waals surface area contributed by atoms with Crippen molar-refractivity contribution in [2.45, 2.75) is 45.8 Å². The lowest BCUT2D eigenvalue weighted by molar-refractivity contribution is -0.140. The Morgan fingerprint density at radius 3 is 2.00 bits per heavy atom. The predicted molar refractivity (Wildman–Crippen MR) is 123 cm³/mol. The Bertz CT molecular complexity index is 963. The Labute approximate surface area is 185 Å². The van der Waals surface area contributed by atoms with Crippen molar-refractivity contribution in [1.29, 1.82) is 0 Å². The first-order chi connectivity index (χ1) is 14.6. The Morgan fingerprint density at radius 1 is 0.968 bits per heavy atom. The molecule has 0 spiro atoms. The second-order valence-corrected chi connectivity index (χ2v) is 9.61. The molecule has 8 heteroatoms. The molecule has 0 aliphatic carbocycles. The molecular formula is C23H31N3O4S. The number of benzene rings is 2. The first-order valence-corrected chi connectivity index (χ1v) is 12.1. The topological polar surface area (TPSA) is 86.8 Å². The molecule has 0 bridgehead atoms. The minimum atomic E-state index is -3.71. The van der Waals surface area contributed by atoms with Crippen LogP contribution in [0.25, 0.3) is 0 Å². The Kier molecular flexibility index (Phi) is 8.62. The zero-order valence-corrected chi connectivity index (χ0v) is 19.3. The molecule has 7 nitrogen and oxygen atoms in total. The molecule has 2 amide bonds. The number of carbonyl (C=O) groups excluding carboxylic acids is 2. The van der Waals surface area contributed by atoms with Crippen LogP contribution in [0.1, 0.15) is 32.8 Å². The van der Waals surface area contributed by atoms with Crippen LogP contribution in [0.15, 0.2) is 60.7 Å². The van der Waals surface area contributed by atoms with Gasteiger partial charge in [0.25, 0.3) is 0 Å². The lowest BCUT2D eigenvalue weighted by atomic mass is 10.1. The van der Waals surface area contributed by atoms with Gasteiger partial charge in [0.2, 0.25) is 21.8 Å². The van der Waals surface area contributed by atoms with Crippen LogP contribution in [0.4, 0.5) is 5.69 Å². The summed E-state index contributed by atoms with van der Waals surface area (Å²) in [5.41, 5.74) is 1.26. The zero-order valence-electron chi connectivity index (χ0n) is 18.5. The molecule has 1 N–H and O–H groups in total. The summed E-state index contributed by atoms with van der Waals surface area (Å²) in [4.78, 5) is 27.7. The predicted octanol–water partition coefficient (Wildman–Crippen LogP) is 2.78. The highest BCUT2D eigenvalue weighted by Gasteiger charge is 2.31. The molecule has 168 valence electrons. The zero-order chi connectivity index (χ0) is 23.0. The highest BCUT2D eigenvalue weighted by Crippen LogP contribution is 2.19. The molecule has 1 atom stereocenters. The second kappa shape index (κ2) is 10.9. The average Bonchev–Trinajstić information content (AvgIpc) is 2.71. The van der Waals surface area contributed by atoms with E-state index in [2.05, 4.69) is 5.32 Å². The van der Waals surface area contributed by atoms with E-state index < -0.39 is 22.0 Å². The van der Waals surface area contributed by atoms with E-state index in [0.29, 0.717) is 12.1 Å². The van der Waals surface area contributed by atoms with Gasteiger partial charge in [-0.1, -0.05) is 55.5 Å². The number of rotatable bonds is 10. The number of para-hydroxylation sites is 1. The fourth-order valence-corrected chi connectivity index (χ4v) is 4.14. The van der Waals surface area contributed by atoms with E-state index in [0.717, 1.165) is 16.1 Å². The Hall–Kier alpha value is -2.87. The van der Waals surface area contributed by atoms with Gasteiger partial charge >= 0.3 is 0 Å². The van der Waals surface area contributed by atoms with Gasteiger partial charge in [0.05, 0.1) is 11.9 Å². The molecule has 0 aliphatic heterocycles. The van der Waals surface area contributed by atoms with Crippen LogP contribution in [0.3, 0.4) is 0 Å². The number of hydrogen-bond donors (Lipinski definition) is 1. The monoisotopic (exact) mass is 445 g/mol. The summed E-state index contributed by atoms with van der Waals surface area (Å²) in [5, 5.41) is 2.87. The average molecular weight is 446 g/mol. The summed E-state index contributed by atoms with van der Waals surface area (Å²) >= 11 is 0. The van der Waals surface area contributed by atoms with Gasteiger partial charge in [-0.25, -0.2) is 8.42 Å². The number of amides is 2. The largest absolute Gasteiger partial charge is 0.352 e. The molecule has 2 aromatic rings. The second-order valence-electron chi connectivity index (χ2n) is 7.70. The van der Waals surface area contributed by atoms with Gasteiger partial charge in [-0.15, -0.1) is 0 Å². The van der Waals surface area contributed by atoms with Crippen molar-refractivity contribution in [1.82, 2.24) is 10.2 Å². The van der Waals surface area contributed by atoms with E-state index in [1.165, 1.54) is 4.90 Å². The third-order valence-corrected chi connectivity index (χ3v) is 5.88. The number of carbonyl (C=O) groups is 2. The summed E-state index contributed by atoms with van der Waals surface area (Å²) < 4.78 is 26.0. The van der Waals surface area contributed by atoms with E-state index in [1.807, 2.05) is 51.1 Å². The fourth-order valence-electron chi connectivity index (χ4n) is 3.29. The highest BCUT2D eigenvalue weighted by molar-refractivity contribution is 7.92. The van der Waals surface area contributed by atoms with E-state index >= 15 is 0 Å². The van der Waals surface area contributed by atoms with Gasteiger partial charge in [-0.2, -0.15) is 0 Å². The maximum absolute atomic E-state index is 13.4. The first-order valence-electron chi connectivity index (χ1n) is 10.3. The number of sulfonamides is 1. The Morgan fingerprint density at radius 2 is 1.52 bits per heavy atom. The molecule has 2 rings (SSSR count). The van der Waals surface area contributed by atoms with Crippen molar-refractivity contribution in [2.75, 3.05) is 17.1 Å². The number of nitrogens with zero attached hydrogens (tertiary/aromatic N) is 2. The summed E-state index contributed by atoms with van der Waals surface area (Å²) in [6, 6.07) is 17.0. The number of nitrogens with one attached hydrogen (secondary N) is 1. The van der Waals surface area contributed by atoms with Crippen LogP contribution < -0.4 is 9.62 Å². The van der Waals surface area contributed by atoms with Crippen molar-refractivity contribution in [3.05, 3.63) is 66.2 Å². The van der Waals surface area contributed by atoms with Crippen LogP contribution in [0.2, 0.25) is 0 Å². The van der Waals surface area contributed by atoms with E-state index in [-0.39, 0.29) is 25.0 Å². The lowest BCUT2D eigenvalue weighted by Crippen LogP contribution is -2.53. The number of hydrogen-bond acceptors (Lipinski definition) is 4. The van der Waals surface area contributed by atoms with Crippen molar-refractivity contribution >= 4 is 27.5 Å². The van der Waals surface area contributed by atoms with Crippen molar-refractivity contribution in [2.24, 2.45) is 0 Å². The standard InChI is InChI=1S/C23H31N3O4S/c1-5-21(23(28)24-18(2)3)25(16-19-12-8-6-9-13-19)22(27)17-26(31(4,29)30)20-14-10-7-11-15-20/h6-15,18,21H,5,16-17H2,1-4H3,(H,24,28)/t21-/m0/s1. The van der Waals surface area contributed by atoms with Crippen LogP contribution in [0, 0.1) is 0 Å². The molecule has 0 unspecified atom stereocenters. The van der Waals surface area contributed by atoms with Crippen molar-refractivity contribution < 1.29 is 18.0 Å². The lowest BCUT2D eigenvalue weighted by Gasteiger charge is -2.33. The Balaban J connectivity index is 2.38. The van der Waals surface area contributed by atoms with E-state index in [9.17, 15) is 18.0 Å². The van der Waals surface area contributed by atoms with Crippen LogP contribution >= 0.6 is 0 Å². The van der Waals surface area contributed by atoms with Crippen LogP contribution in [-0.2, 0) is 26.2 Å². The van der Waals surface area contributed by atoms with Gasteiger partial charge in [-0.05, 0) is 38.0 Å². The third-order valence-electron chi connectivity index (χ3n) is 4.74. The SMILES string of the molecule is CC[C@@H](C(=O)NC(C)C)N(Cc1ccccc1)C(=O)CN(c1ccccc1)S(C)(=O)=O. The quantitative estimate of drug-likeness (QED) is 0.609. The minimum Gasteiger partial charge on any atom is -0.352 e. The molecule has 0 fully saturated rings. The van der Waals surface area contributed by atoms with Gasteiger partial charge in [-0.3, -0.25) is 13.9 Å². The van der Waals surface area contributed by atoms with Gasteiger partial charge < -0.3 is 10.2 Å². The summed E-state index contributed by atoms with van der Waals surface area (Å²) in [7, 11) is -3.71. The molecule has 0 saturated heterocycles. The maximum atomic E-state index is 13.4. The molecule has 0 saturated carbocycles. The molecule has 0 aromatic heterocycles. The van der Waals surface area contributed by atoms with Crippen LogP contribution in [0.5, 0.6) is 0 Å². The third kappa shape index (κ3) is 7.10. The maximum Gasteiger partial charge on any atom is 0.244 e. The van der Waals surface area contributed by atoms with Crippen molar-refractivity contribution in [3.8, 4) is 0 Å². The van der Waals surface area contributed by atoms with Crippen molar-refractivity contribution in [3.63, 3.8) is 0 Å². The highest BCUT2D eigenvalue weighted by atomic mass is 32.2. The summed E-state index contributed by atoms with van der Waals surface area (Å²) in [6.45, 7) is 5.36. The minimum absolute atomic E-state index is 0.0768. The molecule has 31 heavy (non-hydrogen) atoms. The molecular weight excluding hydrogens is 414 g/mol. The van der Waals surface area contributed by atoms with E-state index in [1.54, 1.807) is 30.3 Å². The summed E-state index contributed by atoms with van der Waals surface area (Å²) in [6.07, 6.45) is 1.47. The van der Waals surface area contributed by atoms with Gasteiger partial charge in [0.15, 0.2) is 0 Å². The fraction of sp³-hybridized carbons (Fsp3) is 0.391. The molecule has 0 aliphatic rings. The smallest absolute Gasteiger partial charge is 0.244 e. The molecule has 0 radical (unpaired) electrons. The number of anilines is 1.